The Bertz CT molecular complexity index is 581. The summed E-state index contributed by atoms with van der Waals surface area (Å²) in [6.45, 7) is 2.94. The minimum Gasteiger partial charge on any atom is -0.370 e. The molecule has 0 spiro atoms. The van der Waals surface area contributed by atoms with Gasteiger partial charge in [0, 0.05) is 17.8 Å². The van der Waals surface area contributed by atoms with Crippen molar-refractivity contribution >= 4 is 28.8 Å². The number of thiazole rings is 1. The fraction of sp³-hybridized carbons (Fsp3) is 0.417. The summed E-state index contributed by atoms with van der Waals surface area (Å²) in [5, 5.41) is 4.10. The molecule has 2 aromatic rings. The lowest BCUT2D eigenvalue weighted by atomic mass is 10.2. The van der Waals surface area contributed by atoms with Gasteiger partial charge in [-0.1, -0.05) is 22.9 Å². The Morgan fingerprint density at radius 1 is 1.39 bits per heavy atom. The second-order valence-electron chi connectivity index (χ2n) is 4.17. The van der Waals surface area contributed by atoms with Gasteiger partial charge in [-0.05, 0) is 26.2 Å². The zero-order valence-corrected chi connectivity index (χ0v) is 11.6. The first-order valence-electron chi connectivity index (χ1n) is 6.03. The molecule has 0 aliphatic heterocycles. The van der Waals surface area contributed by atoms with Crippen molar-refractivity contribution in [3.63, 3.8) is 0 Å². The third-order valence-electron chi connectivity index (χ3n) is 2.95. The molecule has 94 valence electrons. The van der Waals surface area contributed by atoms with Gasteiger partial charge in [-0.15, -0.1) is 0 Å². The van der Waals surface area contributed by atoms with Crippen LogP contribution in [0.25, 0.3) is 10.8 Å². The third kappa shape index (κ3) is 2.08. The second-order valence-corrected chi connectivity index (χ2v) is 5.84. The van der Waals surface area contributed by atoms with Crippen LogP contribution in [0.2, 0.25) is 4.34 Å². The maximum Gasteiger partial charge on any atom is 0.190 e. The van der Waals surface area contributed by atoms with E-state index in [2.05, 4.69) is 27.2 Å². The molecular formula is C12H13ClN4S. The minimum absolute atomic E-state index is 0.666. The standard InChI is InChI=1S/C12H13ClN4S/c1-2-14-10-7-4-3-5-8(7)16-11(17-10)12-15-6-9(13)18-12/h6H,2-5H2,1H3,(H,14,16,17). The van der Waals surface area contributed by atoms with Gasteiger partial charge in [0.1, 0.15) is 10.2 Å². The largest absolute Gasteiger partial charge is 0.370 e. The van der Waals surface area contributed by atoms with Crippen LogP contribution in [0.15, 0.2) is 6.20 Å². The first-order chi connectivity index (χ1) is 8.78. The van der Waals surface area contributed by atoms with Gasteiger partial charge >= 0.3 is 0 Å². The van der Waals surface area contributed by atoms with Crippen molar-refractivity contribution in [3.8, 4) is 10.8 Å². The average Bonchev–Trinajstić information content (AvgIpc) is 2.97. The van der Waals surface area contributed by atoms with Crippen molar-refractivity contribution in [1.82, 2.24) is 15.0 Å². The highest BCUT2D eigenvalue weighted by Crippen LogP contribution is 2.31. The number of anilines is 1. The van der Waals surface area contributed by atoms with Crippen molar-refractivity contribution in [2.75, 3.05) is 11.9 Å². The Balaban J connectivity index is 2.08. The molecule has 0 bridgehead atoms. The number of rotatable bonds is 3. The molecule has 0 radical (unpaired) electrons. The van der Waals surface area contributed by atoms with Crippen LogP contribution in [-0.4, -0.2) is 21.5 Å². The van der Waals surface area contributed by atoms with Gasteiger partial charge in [-0.25, -0.2) is 15.0 Å². The van der Waals surface area contributed by atoms with Crippen LogP contribution in [0.1, 0.15) is 24.6 Å². The summed E-state index contributed by atoms with van der Waals surface area (Å²) in [6, 6.07) is 0. The Morgan fingerprint density at radius 3 is 3.00 bits per heavy atom. The van der Waals surface area contributed by atoms with Crippen LogP contribution in [0, 0.1) is 0 Å². The fourth-order valence-electron chi connectivity index (χ4n) is 2.20. The van der Waals surface area contributed by atoms with Gasteiger partial charge < -0.3 is 5.32 Å². The average molecular weight is 281 g/mol. The maximum absolute atomic E-state index is 5.91. The van der Waals surface area contributed by atoms with Gasteiger partial charge in [0.15, 0.2) is 10.8 Å². The molecule has 3 rings (SSSR count). The summed E-state index contributed by atoms with van der Waals surface area (Å²) in [6.07, 6.45) is 4.90. The van der Waals surface area contributed by atoms with Crippen LogP contribution in [-0.2, 0) is 12.8 Å². The van der Waals surface area contributed by atoms with Crippen molar-refractivity contribution in [2.45, 2.75) is 26.2 Å². The number of hydrogen-bond donors (Lipinski definition) is 1. The number of nitrogens with one attached hydrogen (secondary N) is 1. The summed E-state index contributed by atoms with van der Waals surface area (Å²) in [7, 11) is 0. The van der Waals surface area contributed by atoms with Crippen LogP contribution in [0.5, 0.6) is 0 Å². The van der Waals surface area contributed by atoms with Crippen LogP contribution < -0.4 is 5.32 Å². The quantitative estimate of drug-likeness (QED) is 0.938. The van der Waals surface area contributed by atoms with E-state index in [0.29, 0.717) is 10.2 Å². The van der Waals surface area contributed by atoms with Crippen LogP contribution >= 0.6 is 22.9 Å². The Kier molecular flexibility index (Phi) is 3.18. The summed E-state index contributed by atoms with van der Waals surface area (Å²) >= 11 is 7.33. The lowest BCUT2D eigenvalue weighted by molar-refractivity contribution is 0.899. The number of hydrogen-bond acceptors (Lipinski definition) is 5. The highest BCUT2D eigenvalue weighted by Gasteiger charge is 2.20. The van der Waals surface area contributed by atoms with Crippen molar-refractivity contribution in [3.05, 3.63) is 21.8 Å². The normalized spacial score (nSPS) is 13.7. The molecule has 4 nitrogen and oxygen atoms in total. The fourth-order valence-corrected chi connectivity index (χ4v) is 3.05. The van der Waals surface area contributed by atoms with Crippen LogP contribution in [0.4, 0.5) is 5.82 Å². The molecule has 0 fully saturated rings. The first kappa shape index (κ1) is 11.9. The molecule has 18 heavy (non-hydrogen) atoms. The molecule has 0 aromatic carbocycles. The first-order valence-corrected chi connectivity index (χ1v) is 7.22. The Labute approximate surface area is 114 Å². The molecule has 2 heterocycles. The smallest absolute Gasteiger partial charge is 0.190 e. The van der Waals surface area contributed by atoms with Gasteiger partial charge in [0.25, 0.3) is 0 Å². The molecular weight excluding hydrogens is 268 g/mol. The van der Waals surface area contributed by atoms with E-state index in [1.807, 2.05) is 0 Å². The topological polar surface area (TPSA) is 50.7 Å². The summed E-state index contributed by atoms with van der Waals surface area (Å²) in [4.78, 5) is 13.4. The van der Waals surface area contributed by atoms with E-state index in [1.54, 1.807) is 6.20 Å². The molecule has 0 unspecified atom stereocenters. The number of halogens is 1. The molecule has 0 saturated carbocycles. The van der Waals surface area contributed by atoms with Crippen molar-refractivity contribution in [2.24, 2.45) is 0 Å². The lowest BCUT2D eigenvalue weighted by Crippen LogP contribution is -2.06. The Hall–Kier alpha value is -1.20. The Morgan fingerprint density at radius 2 is 2.28 bits per heavy atom. The van der Waals surface area contributed by atoms with E-state index in [4.69, 9.17) is 11.6 Å². The lowest BCUT2D eigenvalue weighted by Gasteiger charge is -2.09. The van der Waals surface area contributed by atoms with E-state index in [1.165, 1.54) is 16.9 Å². The van der Waals surface area contributed by atoms with Crippen molar-refractivity contribution in [1.29, 1.82) is 0 Å². The number of nitrogens with zero attached hydrogens (tertiary/aromatic N) is 3. The summed E-state index contributed by atoms with van der Waals surface area (Å²) in [5.41, 5.74) is 2.42. The van der Waals surface area contributed by atoms with Gasteiger partial charge in [-0.2, -0.15) is 0 Å². The van der Waals surface area contributed by atoms with E-state index >= 15 is 0 Å². The third-order valence-corrected chi connectivity index (χ3v) is 4.06. The molecule has 0 amide bonds. The number of fused-ring (bicyclic) bond motifs is 1. The highest BCUT2D eigenvalue weighted by atomic mass is 35.5. The minimum atomic E-state index is 0.666. The number of aryl methyl sites for hydroxylation is 1. The number of aromatic nitrogens is 3. The van der Waals surface area contributed by atoms with E-state index in [9.17, 15) is 0 Å². The molecule has 0 atom stereocenters. The summed E-state index contributed by atoms with van der Waals surface area (Å²) in [5.74, 6) is 1.64. The van der Waals surface area contributed by atoms with Crippen molar-refractivity contribution < 1.29 is 0 Å². The van der Waals surface area contributed by atoms with Gasteiger partial charge in [-0.3, -0.25) is 0 Å². The SMILES string of the molecule is CCNc1nc(-c2ncc(Cl)s2)nc2c1CCC2. The van der Waals surface area contributed by atoms with E-state index in [-0.39, 0.29) is 0 Å². The van der Waals surface area contributed by atoms with E-state index < -0.39 is 0 Å². The molecule has 1 aliphatic carbocycles. The highest BCUT2D eigenvalue weighted by molar-refractivity contribution is 7.18. The van der Waals surface area contributed by atoms with Gasteiger partial charge in [0.05, 0.1) is 6.20 Å². The van der Waals surface area contributed by atoms with Crippen LogP contribution in [0.3, 0.4) is 0 Å². The van der Waals surface area contributed by atoms with Gasteiger partial charge in [0.2, 0.25) is 0 Å². The molecule has 0 saturated heterocycles. The van der Waals surface area contributed by atoms with E-state index in [0.717, 1.165) is 42.3 Å². The monoisotopic (exact) mass is 280 g/mol. The predicted octanol–water partition coefficient (Wildman–Crippen LogP) is 3.17. The second kappa shape index (κ2) is 4.82. The molecule has 6 heteroatoms. The molecule has 1 N–H and O–H groups in total. The molecule has 1 aliphatic rings. The zero-order valence-electron chi connectivity index (χ0n) is 10.0. The predicted molar refractivity (Wildman–Crippen MR) is 74.3 cm³/mol. The zero-order chi connectivity index (χ0) is 12.5. The maximum atomic E-state index is 5.91. The molecule has 2 aromatic heterocycles. The summed E-state index contributed by atoms with van der Waals surface area (Å²) < 4.78 is 0.666.